The predicted molar refractivity (Wildman–Crippen MR) is 116 cm³/mol. The van der Waals surface area contributed by atoms with Gasteiger partial charge in [-0.05, 0) is 44.2 Å². The Hall–Kier alpha value is -3.14. The molecule has 1 aliphatic carbocycles. The molecule has 0 spiro atoms. The van der Waals surface area contributed by atoms with Crippen LogP contribution in [0.1, 0.15) is 32.1 Å². The van der Waals surface area contributed by atoms with E-state index in [-0.39, 0.29) is 17.8 Å². The van der Waals surface area contributed by atoms with Gasteiger partial charge in [0.05, 0.1) is 17.8 Å². The first kappa shape index (κ1) is 19.5. The van der Waals surface area contributed by atoms with Gasteiger partial charge in [0, 0.05) is 30.7 Å². The van der Waals surface area contributed by atoms with E-state index in [1.165, 1.54) is 0 Å². The van der Waals surface area contributed by atoms with Gasteiger partial charge in [0.15, 0.2) is 17.5 Å². The van der Waals surface area contributed by atoms with Crippen LogP contribution in [-0.4, -0.2) is 65.4 Å². The second kappa shape index (κ2) is 7.47. The average Bonchev–Trinajstić information content (AvgIpc) is 3.39. The number of anilines is 1. The highest BCUT2D eigenvalue weighted by Gasteiger charge is 2.48. The molecule has 32 heavy (non-hydrogen) atoms. The molecule has 1 aromatic carbocycles. The van der Waals surface area contributed by atoms with E-state index in [4.69, 9.17) is 0 Å². The number of piperidine rings is 1. The van der Waals surface area contributed by atoms with Crippen LogP contribution in [0.15, 0.2) is 30.7 Å². The van der Waals surface area contributed by atoms with Crippen LogP contribution < -0.4 is 10.2 Å². The third kappa shape index (κ3) is 3.38. The largest absolute Gasteiger partial charge is 0.507 e. The molecule has 6 rings (SSSR count). The predicted octanol–water partition coefficient (Wildman–Crippen LogP) is 2.24. The minimum atomic E-state index is -0.923. The van der Waals surface area contributed by atoms with E-state index < -0.39 is 6.17 Å². The van der Waals surface area contributed by atoms with Crippen LogP contribution in [0.4, 0.5) is 10.2 Å². The van der Waals surface area contributed by atoms with Gasteiger partial charge in [-0.25, -0.2) is 14.4 Å². The van der Waals surface area contributed by atoms with Gasteiger partial charge in [-0.15, -0.1) is 10.2 Å². The first-order valence-corrected chi connectivity index (χ1v) is 11.1. The zero-order valence-corrected chi connectivity index (χ0v) is 17.8. The van der Waals surface area contributed by atoms with E-state index in [0.717, 1.165) is 32.1 Å². The van der Waals surface area contributed by atoms with Crippen molar-refractivity contribution in [3.63, 3.8) is 0 Å². The molecule has 2 aromatic heterocycles. The summed E-state index contributed by atoms with van der Waals surface area (Å²) in [5.41, 5.74) is 1.18. The van der Waals surface area contributed by atoms with E-state index in [9.17, 15) is 5.11 Å². The number of phenolic OH excluding ortho intramolecular Hbond substituents is 1. The van der Waals surface area contributed by atoms with Crippen molar-refractivity contribution in [1.29, 1.82) is 0 Å². The number of nitrogens with zero attached hydrogens (tertiary/aromatic N) is 7. The molecular formula is C22H25FN8O. The Bertz CT molecular complexity index is 1130. The van der Waals surface area contributed by atoms with Crippen molar-refractivity contribution in [2.75, 3.05) is 4.90 Å². The first-order chi connectivity index (χ1) is 15.6. The van der Waals surface area contributed by atoms with Gasteiger partial charge >= 0.3 is 0 Å². The van der Waals surface area contributed by atoms with Crippen molar-refractivity contribution in [3.8, 4) is 28.5 Å². The molecule has 0 unspecified atom stereocenters. The van der Waals surface area contributed by atoms with Gasteiger partial charge in [0.25, 0.3) is 0 Å². The van der Waals surface area contributed by atoms with Crippen molar-refractivity contribution in [2.24, 2.45) is 7.05 Å². The smallest absolute Gasteiger partial charge is 0.185 e. The molecule has 10 heteroatoms. The van der Waals surface area contributed by atoms with Crippen molar-refractivity contribution >= 4 is 5.82 Å². The Morgan fingerprint density at radius 3 is 2.69 bits per heavy atom. The fraction of sp³-hybridized carbons (Fsp3) is 0.500. The molecule has 2 N–H and O–H groups in total. The molecule has 4 atom stereocenters. The third-order valence-electron chi connectivity index (χ3n) is 6.76. The SMILES string of the molecule is Cn1cnc(-c2ccc(-c3ncc(N(C4CC4)[C@H]4C[C@H]5CC[C@H](N5)[C@H]4F)nn3)c(O)c2)n1. The van der Waals surface area contributed by atoms with Crippen LogP contribution >= 0.6 is 0 Å². The Kier molecular flexibility index (Phi) is 4.56. The molecule has 0 radical (unpaired) electrons. The van der Waals surface area contributed by atoms with E-state index in [0.29, 0.717) is 40.7 Å². The Morgan fingerprint density at radius 1 is 1.12 bits per heavy atom. The van der Waals surface area contributed by atoms with Gasteiger partial charge in [-0.3, -0.25) is 4.68 Å². The highest BCUT2D eigenvalue weighted by molar-refractivity contribution is 5.70. The molecule has 4 heterocycles. The monoisotopic (exact) mass is 436 g/mol. The van der Waals surface area contributed by atoms with Gasteiger partial charge in [0.1, 0.15) is 18.2 Å². The number of alkyl halides is 1. The van der Waals surface area contributed by atoms with Gasteiger partial charge in [-0.1, -0.05) is 6.07 Å². The quantitative estimate of drug-likeness (QED) is 0.628. The number of hydrogen-bond acceptors (Lipinski definition) is 8. The second-order valence-corrected chi connectivity index (χ2v) is 9.05. The van der Waals surface area contributed by atoms with Crippen molar-refractivity contribution in [1.82, 2.24) is 35.3 Å². The second-order valence-electron chi connectivity index (χ2n) is 9.05. The van der Waals surface area contributed by atoms with Crippen molar-refractivity contribution in [2.45, 2.75) is 62.4 Å². The minimum Gasteiger partial charge on any atom is -0.507 e. The number of halogens is 1. The standard InChI is InChI=1S/C22H25FN8O/c1-30-11-25-21(29-30)12-2-6-15(18(32)8-12)22-24-10-19(27-28-22)31(14-4-5-14)17-9-13-3-7-16(26-13)20(17)23/h2,6,8,10-11,13-14,16-17,20,26,32H,3-5,7,9H2,1H3/t13-,16+,17+,20-/m1/s1. The highest BCUT2D eigenvalue weighted by Crippen LogP contribution is 2.40. The lowest BCUT2D eigenvalue weighted by molar-refractivity contribution is 0.171. The highest BCUT2D eigenvalue weighted by atomic mass is 19.1. The molecule has 3 aromatic rings. The Balaban J connectivity index is 1.27. The molecule has 1 saturated carbocycles. The summed E-state index contributed by atoms with van der Waals surface area (Å²) in [4.78, 5) is 10.8. The lowest BCUT2D eigenvalue weighted by Gasteiger charge is -2.40. The number of aromatic hydroxyl groups is 1. The number of rotatable bonds is 5. The molecule has 2 saturated heterocycles. The zero-order valence-electron chi connectivity index (χ0n) is 17.8. The molecule has 2 aliphatic heterocycles. The molecule has 3 aliphatic rings. The van der Waals surface area contributed by atoms with E-state index in [2.05, 4.69) is 35.5 Å². The molecular weight excluding hydrogens is 411 g/mol. The number of phenols is 1. The Morgan fingerprint density at radius 2 is 2.00 bits per heavy atom. The summed E-state index contributed by atoms with van der Waals surface area (Å²) >= 11 is 0. The van der Waals surface area contributed by atoms with Crippen LogP contribution in [0, 0.1) is 0 Å². The normalized spacial score (nSPS) is 26.9. The van der Waals surface area contributed by atoms with E-state index in [1.54, 1.807) is 36.4 Å². The van der Waals surface area contributed by atoms with E-state index >= 15 is 4.39 Å². The summed E-state index contributed by atoms with van der Waals surface area (Å²) < 4.78 is 16.8. The lowest BCUT2D eigenvalue weighted by Crippen LogP contribution is -2.57. The van der Waals surface area contributed by atoms with Crippen molar-refractivity contribution in [3.05, 3.63) is 30.7 Å². The van der Waals surface area contributed by atoms with Gasteiger partial charge < -0.3 is 15.3 Å². The fourth-order valence-corrected chi connectivity index (χ4v) is 5.07. The maximum Gasteiger partial charge on any atom is 0.185 e. The molecule has 0 amide bonds. The van der Waals surface area contributed by atoms with Crippen LogP contribution in [0.2, 0.25) is 0 Å². The van der Waals surface area contributed by atoms with Gasteiger partial charge in [0.2, 0.25) is 0 Å². The maximum atomic E-state index is 15.2. The third-order valence-corrected chi connectivity index (χ3v) is 6.76. The summed E-state index contributed by atoms with van der Waals surface area (Å²) in [7, 11) is 1.79. The summed E-state index contributed by atoms with van der Waals surface area (Å²) in [6.45, 7) is 0. The molecule has 2 bridgehead atoms. The lowest BCUT2D eigenvalue weighted by atomic mass is 9.96. The van der Waals surface area contributed by atoms with Crippen LogP contribution in [-0.2, 0) is 7.05 Å². The summed E-state index contributed by atoms with van der Waals surface area (Å²) in [5.74, 6) is 1.49. The van der Waals surface area contributed by atoms with Crippen LogP contribution in [0.5, 0.6) is 5.75 Å². The topological polar surface area (TPSA) is 105 Å². The number of aryl methyl sites for hydroxylation is 1. The minimum absolute atomic E-state index is 0.0299. The molecule has 9 nitrogen and oxygen atoms in total. The number of benzene rings is 1. The van der Waals surface area contributed by atoms with Crippen molar-refractivity contribution < 1.29 is 9.50 Å². The fourth-order valence-electron chi connectivity index (χ4n) is 5.07. The van der Waals surface area contributed by atoms with Gasteiger partial charge in [-0.2, -0.15) is 5.10 Å². The van der Waals surface area contributed by atoms with Crippen LogP contribution in [0.3, 0.4) is 0 Å². The number of aromatic nitrogens is 6. The van der Waals surface area contributed by atoms with E-state index in [1.807, 2.05) is 6.07 Å². The summed E-state index contributed by atoms with van der Waals surface area (Å²) in [6, 6.07) is 5.57. The maximum absolute atomic E-state index is 15.2. The Labute approximate surface area is 184 Å². The zero-order chi connectivity index (χ0) is 21.8. The molecule has 3 fully saturated rings. The van der Waals surface area contributed by atoms with Crippen LogP contribution in [0.25, 0.3) is 22.8 Å². The number of hydrogen-bond donors (Lipinski definition) is 2. The first-order valence-electron chi connectivity index (χ1n) is 11.1. The number of fused-ring (bicyclic) bond motifs is 2. The number of nitrogens with one attached hydrogen (secondary N) is 1. The summed E-state index contributed by atoms with van der Waals surface area (Å²) in [6.07, 6.45) is 7.13. The average molecular weight is 436 g/mol. The molecule has 166 valence electrons. The summed E-state index contributed by atoms with van der Waals surface area (Å²) in [5, 5.41) is 26.9.